The molecule has 3 aromatic rings. The van der Waals surface area contributed by atoms with Crippen LogP contribution >= 0.6 is 15.9 Å². The molecule has 0 aliphatic heterocycles. The molecule has 0 saturated heterocycles. The third-order valence-electron chi connectivity index (χ3n) is 4.07. The second-order valence-corrected chi connectivity index (χ2v) is 9.10. The molecule has 0 heterocycles. The molecule has 3 rings (SSSR count). The van der Waals surface area contributed by atoms with Crippen LogP contribution in [-0.2, 0) is 21.0 Å². The molecular weight excluding hydrogens is 513 g/mol. The van der Waals surface area contributed by atoms with Gasteiger partial charge in [-0.3, -0.25) is 9.52 Å². The highest BCUT2D eigenvalue weighted by atomic mass is 79.9. The molecule has 1 amide bonds. The summed E-state index contributed by atoms with van der Waals surface area (Å²) in [7, 11) is -3.82. The van der Waals surface area contributed by atoms with Crippen LogP contribution in [0.5, 0.6) is 5.75 Å². The van der Waals surface area contributed by atoms with E-state index < -0.39 is 34.3 Å². The number of hydrogen-bond acceptors (Lipinski definition) is 4. The fraction of sp³-hybridized carbons (Fsp3) is 0.0952. The number of nitrogens with one attached hydrogen (secondary N) is 2. The molecule has 0 atom stereocenters. The summed E-state index contributed by atoms with van der Waals surface area (Å²) in [5.41, 5.74) is -0.515. The minimum atomic E-state index is -4.52. The van der Waals surface area contributed by atoms with Gasteiger partial charge in [0, 0.05) is 15.8 Å². The number of carbonyl (C=O) groups excluding carboxylic acids is 1. The van der Waals surface area contributed by atoms with Crippen LogP contribution < -0.4 is 14.8 Å². The second kappa shape index (κ2) is 9.61. The van der Waals surface area contributed by atoms with Crippen LogP contribution in [-0.4, -0.2) is 20.9 Å². The summed E-state index contributed by atoms with van der Waals surface area (Å²) in [6, 6.07) is 16.2. The maximum absolute atomic E-state index is 12.7. The van der Waals surface area contributed by atoms with Gasteiger partial charge >= 0.3 is 6.18 Å². The molecule has 0 fully saturated rings. The predicted molar refractivity (Wildman–Crippen MR) is 117 cm³/mol. The van der Waals surface area contributed by atoms with E-state index in [0.717, 1.165) is 16.6 Å². The van der Waals surface area contributed by atoms with E-state index in [4.69, 9.17) is 4.74 Å². The maximum atomic E-state index is 12.7. The first kappa shape index (κ1) is 23.6. The molecule has 0 unspecified atom stereocenters. The summed E-state index contributed by atoms with van der Waals surface area (Å²) in [6.45, 7) is -0.473. The average molecular weight is 529 g/mol. The van der Waals surface area contributed by atoms with Crippen molar-refractivity contribution >= 4 is 43.2 Å². The molecule has 0 aliphatic carbocycles. The first-order chi connectivity index (χ1) is 15.0. The lowest BCUT2D eigenvalue weighted by atomic mass is 10.2. The van der Waals surface area contributed by atoms with E-state index in [9.17, 15) is 26.4 Å². The first-order valence-electron chi connectivity index (χ1n) is 9.01. The Kier molecular flexibility index (Phi) is 7.09. The van der Waals surface area contributed by atoms with Gasteiger partial charge in [-0.2, -0.15) is 13.2 Å². The van der Waals surface area contributed by atoms with Crippen LogP contribution in [0.25, 0.3) is 0 Å². The number of rotatable bonds is 7. The van der Waals surface area contributed by atoms with Crippen molar-refractivity contribution in [2.45, 2.75) is 11.1 Å². The second-order valence-electron chi connectivity index (χ2n) is 6.50. The van der Waals surface area contributed by atoms with E-state index >= 15 is 0 Å². The van der Waals surface area contributed by atoms with Crippen LogP contribution in [0, 0.1) is 0 Å². The van der Waals surface area contributed by atoms with Gasteiger partial charge < -0.3 is 10.1 Å². The summed E-state index contributed by atoms with van der Waals surface area (Å²) in [4.78, 5) is 12.0. The van der Waals surface area contributed by atoms with Gasteiger partial charge in [0.15, 0.2) is 6.61 Å². The van der Waals surface area contributed by atoms with E-state index in [2.05, 4.69) is 26.0 Å². The SMILES string of the molecule is O=C(COc1ccc(S(=O)(=O)Nc2ccc(Br)cc2)cc1)Nc1cccc(C(F)(F)F)c1. The topological polar surface area (TPSA) is 84.5 Å². The number of hydrogen-bond donors (Lipinski definition) is 2. The Bertz CT molecular complexity index is 1200. The number of sulfonamides is 1. The van der Waals surface area contributed by atoms with Crippen molar-refractivity contribution in [2.75, 3.05) is 16.6 Å². The predicted octanol–water partition coefficient (Wildman–Crippen LogP) is 5.29. The van der Waals surface area contributed by atoms with Crippen LogP contribution in [0.1, 0.15) is 5.56 Å². The number of benzene rings is 3. The van der Waals surface area contributed by atoms with Crippen molar-refractivity contribution in [1.29, 1.82) is 0 Å². The van der Waals surface area contributed by atoms with Crippen molar-refractivity contribution in [3.05, 3.63) is 82.8 Å². The molecule has 0 radical (unpaired) electrons. The van der Waals surface area contributed by atoms with Crippen molar-refractivity contribution < 1.29 is 31.1 Å². The molecule has 11 heteroatoms. The third-order valence-corrected chi connectivity index (χ3v) is 6.00. The number of alkyl halides is 3. The molecular formula is C21H16BrF3N2O4S. The minimum absolute atomic E-state index is 0.0128. The monoisotopic (exact) mass is 528 g/mol. The average Bonchev–Trinajstić information content (AvgIpc) is 2.74. The fourth-order valence-electron chi connectivity index (χ4n) is 2.57. The number of ether oxygens (including phenoxy) is 1. The van der Waals surface area contributed by atoms with Crippen LogP contribution in [0.3, 0.4) is 0 Å². The number of halogens is 4. The highest BCUT2D eigenvalue weighted by Crippen LogP contribution is 2.30. The molecule has 0 spiro atoms. The Morgan fingerprint density at radius 1 is 0.938 bits per heavy atom. The third kappa shape index (κ3) is 6.47. The van der Waals surface area contributed by atoms with Crippen LogP contribution in [0.2, 0.25) is 0 Å². The summed E-state index contributed by atoms with van der Waals surface area (Å²) < 4.78 is 71.7. The molecule has 0 aliphatic rings. The first-order valence-corrected chi connectivity index (χ1v) is 11.3. The molecule has 3 aromatic carbocycles. The smallest absolute Gasteiger partial charge is 0.416 e. The van der Waals surface area contributed by atoms with E-state index in [1.54, 1.807) is 24.3 Å². The van der Waals surface area contributed by atoms with Gasteiger partial charge in [0.25, 0.3) is 15.9 Å². The Morgan fingerprint density at radius 3 is 2.22 bits per heavy atom. The zero-order valence-electron chi connectivity index (χ0n) is 16.2. The normalized spacial score (nSPS) is 11.6. The highest BCUT2D eigenvalue weighted by Gasteiger charge is 2.30. The quantitative estimate of drug-likeness (QED) is 0.436. The van der Waals surface area contributed by atoms with Crippen LogP contribution in [0.4, 0.5) is 24.5 Å². The van der Waals surface area contributed by atoms with Crippen molar-refractivity contribution in [1.82, 2.24) is 0 Å². The Balaban J connectivity index is 1.57. The molecule has 2 N–H and O–H groups in total. The van der Waals surface area contributed by atoms with E-state index in [1.807, 2.05) is 0 Å². The lowest BCUT2D eigenvalue weighted by molar-refractivity contribution is -0.137. The summed E-state index contributed by atoms with van der Waals surface area (Å²) in [6.07, 6.45) is -4.52. The van der Waals surface area contributed by atoms with Gasteiger partial charge in [-0.15, -0.1) is 0 Å². The Hall–Kier alpha value is -3.05. The summed E-state index contributed by atoms with van der Waals surface area (Å²) >= 11 is 3.27. The lowest BCUT2D eigenvalue weighted by Gasteiger charge is -2.11. The van der Waals surface area contributed by atoms with Gasteiger partial charge in [-0.1, -0.05) is 22.0 Å². The molecule has 0 bridgehead atoms. The largest absolute Gasteiger partial charge is 0.484 e. The van der Waals surface area contributed by atoms with E-state index in [0.29, 0.717) is 5.69 Å². The molecule has 32 heavy (non-hydrogen) atoms. The van der Waals surface area contributed by atoms with E-state index in [-0.39, 0.29) is 16.3 Å². The fourth-order valence-corrected chi connectivity index (χ4v) is 3.89. The zero-order chi connectivity index (χ0) is 23.4. The standard InChI is InChI=1S/C21H16BrF3N2O4S/c22-15-4-6-16(7-5-15)27-32(29,30)19-10-8-18(9-11-19)31-13-20(28)26-17-3-1-2-14(12-17)21(23,24)25/h1-12,27H,13H2,(H,26,28). The molecule has 0 saturated carbocycles. The molecule has 6 nitrogen and oxygen atoms in total. The Labute approximate surface area is 190 Å². The molecule has 168 valence electrons. The van der Waals surface area contributed by atoms with Crippen LogP contribution in [0.15, 0.2) is 82.2 Å². The van der Waals surface area contributed by atoms with E-state index in [1.165, 1.54) is 36.4 Å². The van der Waals surface area contributed by atoms with Gasteiger partial charge in [0.05, 0.1) is 10.5 Å². The van der Waals surface area contributed by atoms with Gasteiger partial charge in [0.2, 0.25) is 0 Å². The van der Waals surface area contributed by atoms with Gasteiger partial charge in [-0.05, 0) is 66.7 Å². The Morgan fingerprint density at radius 2 is 1.59 bits per heavy atom. The summed E-state index contributed by atoms with van der Waals surface area (Å²) in [5.74, 6) is -0.454. The number of carbonyl (C=O) groups is 1. The zero-order valence-corrected chi connectivity index (χ0v) is 18.6. The number of anilines is 2. The van der Waals surface area contributed by atoms with Gasteiger partial charge in [-0.25, -0.2) is 8.42 Å². The maximum Gasteiger partial charge on any atom is 0.416 e. The van der Waals surface area contributed by atoms with Crippen molar-refractivity contribution in [2.24, 2.45) is 0 Å². The van der Waals surface area contributed by atoms with Crippen molar-refractivity contribution in [3.8, 4) is 5.75 Å². The van der Waals surface area contributed by atoms with Crippen molar-refractivity contribution in [3.63, 3.8) is 0 Å². The molecule has 0 aromatic heterocycles. The summed E-state index contributed by atoms with van der Waals surface area (Å²) in [5, 5.41) is 2.32. The van der Waals surface area contributed by atoms with Gasteiger partial charge in [0.1, 0.15) is 5.75 Å². The lowest BCUT2D eigenvalue weighted by Crippen LogP contribution is -2.20. The number of amides is 1. The highest BCUT2D eigenvalue weighted by molar-refractivity contribution is 9.10. The minimum Gasteiger partial charge on any atom is -0.484 e.